The monoisotopic (exact) mass is 361 g/mol. The van der Waals surface area contributed by atoms with Crippen LogP contribution in [-0.4, -0.2) is 26.7 Å². The Labute approximate surface area is 152 Å². The first-order chi connectivity index (χ1) is 12.1. The zero-order valence-corrected chi connectivity index (χ0v) is 15.1. The van der Waals surface area contributed by atoms with E-state index in [0.717, 1.165) is 11.3 Å². The third kappa shape index (κ3) is 5.16. The van der Waals surface area contributed by atoms with E-state index in [0.29, 0.717) is 28.8 Å². The summed E-state index contributed by atoms with van der Waals surface area (Å²) in [7, 11) is 3.01. The lowest BCUT2D eigenvalue weighted by Crippen LogP contribution is -2.09. The van der Waals surface area contributed by atoms with Crippen LogP contribution in [0.1, 0.15) is 12.5 Å². The van der Waals surface area contributed by atoms with Gasteiger partial charge in [-0.05, 0) is 30.7 Å². The van der Waals surface area contributed by atoms with E-state index in [2.05, 4.69) is 5.32 Å². The summed E-state index contributed by atoms with van der Waals surface area (Å²) in [5, 5.41) is 3.16. The predicted molar refractivity (Wildman–Crippen MR) is 99.8 cm³/mol. The van der Waals surface area contributed by atoms with Crippen molar-refractivity contribution < 1.29 is 19.0 Å². The first-order valence-corrected chi connectivity index (χ1v) is 8.08. The molecule has 0 saturated carbocycles. The highest BCUT2D eigenvalue weighted by atomic mass is 35.5. The van der Waals surface area contributed by atoms with Crippen LogP contribution in [0.5, 0.6) is 17.2 Å². The van der Waals surface area contributed by atoms with Gasteiger partial charge in [0.25, 0.3) is 0 Å². The van der Waals surface area contributed by atoms with Crippen LogP contribution < -0.4 is 19.5 Å². The number of ether oxygens (including phenoxy) is 3. The lowest BCUT2D eigenvalue weighted by molar-refractivity contribution is -0.111. The first-order valence-electron chi connectivity index (χ1n) is 7.70. The number of amides is 1. The molecule has 2 rings (SSSR count). The van der Waals surface area contributed by atoms with Gasteiger partial charge in [-0.3, -0.25) is 4.79 Å². The van der Waals surface area contributed by atoms with Crippen molar-refractivity contribution in [1.29, 1.82) is 0 Å². The van der Waals surface area contributed by atoms with Crippen LogP contribution in [0.15, 0.2) is 42.5 Å². The molecule has 1 N–H and O–H groups in total. The average molecular weight is 362 g/mol. The number of carbonyl (C=O) groups is 1. The molecule has 0 radical (unpaired) electrons. The molecule has 5 nitrogen and oxygen atoms in total. The van der Waals surface area contributed by atoms with Crippen LogP contribution in [0.3, 0.4) is 0 Å². The number of rotatable bonds is 7. The van der Waals surface area contributed by atoms with Gasteiger partial charge in [-0.1, -0.05) is 23.7 Å². The summed E-state index contributed by atoms with van der Waals surface area (Å²) in [5.41, 5.74) is 1.37. The molecule has 0 aliphatic rings. The Morgan fingerprint density at radius 2 is 1.80 bits per heavy atom. The molecular weight excluding hydrogens is 342 g/mol. The highest BCUT2D eigenvalue weighted by Crippen LogP contribution is 2.35. The van der Waals surface area contributed by atoms with Crippen molar-refractivity contribution in [2.75, 3.05) is 26.1 Å². The van der Waals surface area contributed by atoms with Gasteiger partial charge in [0, 0.05) is 18.2 Å². The maximum Gasteiger partial charge on any atom is 0.248 e. The van der Waals surface area contributed by atoms with E-state index in [1.165, 1.54) is 20.3 Å². The zero-order valence-electron chi connectivity index (χ0n) is 14.3. The summed E-state index contributed by atoms with van der Waals surface area (Å²) in [6.07, 6.45) is 3.15. The van der Waals surface area contributed by atoms with Crippen LogP contribution in [0, 0.1) is 0 Å². The topological polar surface area (TPSA) is 56.8 Å². The minimum Gasteiger partial charge on any atom is -0.495 e. The molecule has 0 bridgehead atoms. The third-order valence-corrected chi connectivity index (χ3v) is 3.65. The van der Waals surface area contributed by atoms with E-state index in [4.69, 9.17) is 25.8 Å². The summed E-state index contributed by atoms with van der Waals surface area (Å²) in [6, 6.07) is 10.7. The maximum atomic E-state index is 12.2. The van der Waals surface area contributed by atoms with Crippen molar-refractivity contribution in [3.8, 4) is 17.2 Å². The second kappa shape index (κ2) is 8.99. The van der Waals surface area contributed by atoms with Crippen LogP contribution in [0.25, 0.3) is 6.08 Å². The Morgan fingerprint density at radius 3 is 2.40 bits per heavy atom. The number of carbonyl (C=O) groups excluding carboxylic acids is 1. The van der Waals surface area contributed by atoms with Crippen molar-refractivity contribution in [1.82, 2.24) is 0 Å². The van der Waals surface area contributed by atoms with Gasteiger partial charge < -0.3 is 19.5 Å². The number of benzene rings is 2. The zero-order chi connectivity index (χ0) is 18.2. The fraction of sp³-hybridized carbons (Fsp3) is 0.211. The van der Waals surface area contributed by atoms with Gasteiger partial charge in [-0.25, -0.2) is 0 Å². The molecule has 2 aromatic carbocycles. The molecule has 0 aromatic heterocycles. The van der Waals surface area contributed by atoms with Crippen LogP contribution >= 0.6 is 11.6 Å². The fourth-order valence-corrected chi connectivity index (χ4v) is 2.38. The number of nitrogens with one attached hydrogen (secondary N) is 1. The molecule has 25 heavy (non-hydrogen) atoms. The van der Waals surface area contributed by atoms with Crippen molar-refractivity contribution in [2.45, 2.75) is 6.92 Å². The van der Waals surface area contributed by atoms with E-state index >= 15 is 0 Å². The molecule has 1 amide bonds. The standard InChI is InChI=1S/C19H20ClNO4/c1-4-25-14-8-5-13(6-9-14)7-10-19(22)21-16-12-17(23-2)15(20)11-18(16)24-3/h5-12H,4H2,1-3H3,(H,21,22). The SMILES string of the molecule is CCOc1ccc(C=CC(=O)Nc2cc(OC)c(Cl)cc2OC)cc1. The number of hydrogen-bond acceptors (Lipinski definition) is 4. The van der Waals surface area contributed by atoms with Crippen LogP contribution in [-0.2, 0) is 4.79 Å². The van der Waals surface area contributed by atoms with Gasteiger partial charge in [0.15, 0.2) is 0 Å². The Morgan fingerprint density at radius 1 is 1.12 bits per heavy atom. The largest absolute Gasteiger partial charge is 0.495 e. The van der Waals surface area contributed by atoms with E-state index in [1.807, 2.05) is 31.2 Å². The van der Waals surface area contributed by atoms with Crippen molar-refractivity contribution in [3.05, 3.63) is 53.1 Å². The lowest BCUT2D eigenvalue weighted by Gasteiger charge is -2.12. The van der Waals surface area contributed by atoms with E-state index in [1.54, 1.807) is 18.2 Å². The fourth-order valence-electron chi connectivity index (χ4n) is 2.15. The molecule has 0 aliphatic heterocycles. The van der Waals surface area contributed by atoms with E-state index in [9.17, 15) is 4.79 Å². The smallest absolute Gasteiger partial charge is 0.248 e. The summed E-state index contributed by atoms with van der Waals surface area (Å²) in [4.78, 5) is 12.2. The van der Waals surface area contributed by atoms with Gasteiger partial charge in [0.05, 0.1) is 31.5 Å². The Kier molecular flexibility index (Phi) is 6.71. The maximum absolute atomic E-state index is 12.2. The highest BCUT2D eigenvalue weighted by Gasteiger charge is 2.11. The second-order valence-electron chi connectivity index (χ2n) is 5.01. The Bertz CT molecular complexity index is 757. The normalized spacial score (nSPS) is 10.6. The summed E-state index contributed by atoms with van der Waals surface area (Å²) in [6.45, 7) is 2.54. The van der Waals surface area contributed by atoms with Gasteiger partial charge in [-0.2, -0.15) is 0 Å². The molecule has 0 atom stereocenters. The number of halogens is 1. The van der Waals surface area contributed by atoms with Crippen molar-refractivity contribution in [3.63, 3.8) is 0 Å². The number of methoxy groups -OCH3 is 2. The number of anilines is 1. The van der Waals surface area contributed by atoms with Gasteiger partial charge in [0.1, 0.15) is 17.2 Å². The first kappa shape index (κ1) is 18.7. The van der Waals surface area contributed by atoms with Crippen LogP contribution in [0.4, 0.5) is 5.69 Å². The van der Waals surface area contributed by atoms with Gasteiger partial charge >= 0.3 is 0 Å². The third-order valence-electron chi connectivity index (χ3n) is 3.35. The van der Waals surface area contributed by atoms with Crippen molar-refractivity contribution in [2.24, 2.45) is 0 Å². The quantitative estimate of drug-likeness (QED) is 0.742. The van der Waals surface area contributed by atoms with E-state index < -0.39 is 0 Å². The Balaban J connectivity index is 2.09. The molecule has 0 unspecified atom stereocenters. The predicted octanol–water partition coefficient (Wildman–Crippen LogP) is 4.41. The molecule has 0 aliphatic carbocycles. The number of hydrogen-bond donors (Lipinski definition) is 1. The summed E-state index contributed by atoms with van der Waals surface area (Å²) < 4.78 is 15.8. The Hall–Kier alpha value is -2.66. The molecular formula is C19H20ClNO4. The van der Waals surface area contributed by atoms with Gasteiger partial charge in [0.2, 0.25) is 5.91 Å². The lowest BCUT2D eigenvalue weighted by atomic mass is 10.2. The summed E-state index contributed by atoms with van der Waals surface area (Å²) >= 11 is 6.05. The molecule has 0 spiro atoms. The molecule has 2 aromatic rings. The highest BCUT2D eigenvalue weighted by molar-refractivity contribution is 6.32. The average Bonchev–Trinajstić information content (AvgIpc) is 2.62. The minimum absolute atomic E-state index is 0.295. The summed E-state index contributed by atoms with van der Waals surface area (Å²) in [5.74, 6) is 1.40. The van der Waals surface area contributed by atoms with Crippen LogP contribution in [0.2, 0.25) is 5.02 Å². The minimum atomic E-state index is -0.295. The van der Waals surface area contributed by atoms with Crippen molar-refractivity contribution >= 4 is 29.3 Å². The van der Waals surface area contributed by atoms with Gasteiger partial charge in [-0.15, -0.1) is 0 Å². The molecule has 0 fully saturated rings. The molecule has 0 saturated heterocycles. The second-order valence-corrected chi connectivity index (χ2v) is 5.42. The molecule has 132 valence electrons. The molecule has 6 heteroatoms. The van der Waals surface area contributed by atoms with E-state index in [-0.39, 0.29) is 5.91 Å². The molecule has 0 heterocycles.